The van der Waals surface area contributed by atoms with Gasteiger partial charge in [0.1, 0.15) is 0 Å². The number of rotatable bonds is 0. The molecule has 0 saturated carbocycles. The Bertz CT molecular complexity index is 13.5. The number of hydrogen-bond donors (Lipinski definition) is 1. The van der Waals surface area contributed by atoms with Crippen LogP contribution < -0.4 is 0 Å². The first kappa shape index (κ1) is 8.96. The zero-order valence-electron chi connectivity index (χ0n) is 1.80. The summed E-state index contributed by atoms with van der Waals surface area (Å²) in [4.78, 5) is 8.24. The molecule has 0 aromatic heterocycles. The fourth-order valence-electron chi connectivity index (χ4n) is 0. The summed E-state index contributed by atoms with van der Waals surface area (Å²) in [6, 6.07) is 0. The normalized spacial score (nSPS) is 3.00. The number of aliphatic hydroxyl groups excluding tert-OH is 1. The van der Waals surface area contributed by atoms with Crippen molar-refractivity contribution in [3.05, 3.63) is 0 Å². The van der Waals surface area contributed by atoms with Crippen LogP contribution in [0.5, 0.6) is 0 Å². The molecule has 0 aliphatic heterocycles. The van der Waals surface area contributed by atoms with E-state index in [4.69, 9.17) is 9.90 Å². The van der Waals surface area contributed by atoms with Gasteiger partial charge < -0.3 is 9.90 Å². The van der Waals surface area contributed by atoms with Gasteiger partial charge in [-0.2, -0.15) is 0 Å². The van der Waals surface area contributed by atoms with Gasteiger partial charge in [-0.1, -0.05) is 6.47 Å². The van der Waals surface area contributed by atoms with Crippen molar-refractivity contribution in [1.82, 2.24) is 0 Å². The smallest absolute Gasteiger partial charge is 0.665 e. The van der Waals surface area contributed by atoms with Crippen LogP contribution in [0.4, 0.5) is 0 Å². The van der Waals surface area contributed by atoms with E-state index in [0.29, 0.717) is 6.47 Å². The molecule has 0 saturated heterocycles. The summed E-state index contributed by atoms with van der Waals surface area (Å²) < 4.78 is 0. The van der Waals surface area contributed by atoms with E-state index in [9.17, 15) is 0 Å². The Balaban J connectivity index is 0. The molecule has 0 heterocycles. The second kappa shape index (κ2) is 11.6. The van der Waals surface area contributed by atoms with Gasteiger partial charge in [-0.15, -0.1) is 0 Å². The molecule has 3 heteroatoms. The molecule has 0 fully saturated rings. The molecule has 0 amide bonds. The predicted octanol–water partition coefficient (Wildman–Crippen LogP) is -0.391. The Kier molecular flexibility index (Phi) is 26.0. The SMILES string of the molecule is O=[C-]O.[V+2]. The van der Waals surface area contributed by atoms with Crippen LogP contribution in [0.1, 0.15) is 0 Å². The van der Waals surface area contributed by atoms with Crippen LogP contribution >= 0.6 is 0 Å². The van der Waals surface area contributed by atoms with E-state index in [1.165, 1.54) is 0 Å². The molecular weight excluding hydrogens is 95.0 g/mol. The van der Waals surface area contributed by atoms with Gasteiger partial charge in [-0.25, -0.2) is 0 Å². The first-order valence-corrected chi connectivity index (χ1v) is 0.428. The van der Waals surface area contributed by atoms with Crippen molar-refractivity contribution in [3.8, 4) is 0 Å². The zero-order valence-corrected chi connectivity index (χ0v) is 3.20. The summed E-state index contributed by atoms with van der Waals surface area (Å²) in [6.07, 6.45) is 0. The van der Waals surface area contributed by atoms with Gasteiger partial charge in [-0.05, 0) is 0 Å². The molecule has 2 nitrogen and oxygen atoms in total. The first-order valence-electron chi connectivity index (χ1n) is 0.428. The molecule has 21 valence electrons. The van der Waals surface area contributed by atoms with Gasteiger partial charge in [0, 0.05) is 0 Å². The molecule has 1 radical (unpaired) electrons. The molecular formula is CHO2V+. The maximum atomic E-state index is 8.24. The minimum Gasteiger partial charge on any atom is -0.665 e. The summed E-state index contributed by atoms with van der Waals surface area (Å²) in [5, 5.41) is 6.76. The third-order valence-electron chi connectivity index (χ3n) is 0. The van der Waals surface area contributed by atoms with Crippen molar-refractivity contribution in [2.75, 3.05) is 0 Å². The fourth-order valence-corrected chi connectivity index (χ4v) is 0. The van der Waals surface area contributed by atoms with Crippen LogP contribution in [-0.2, 0) is 23.4 Å². The van der Waals surface area contributed by atoms with Crippen LogP contribution in [0.25, 0.3) is 0 Å². The van der Waals surface area contributed by atoms with E-state index in [0.717, 1.165) is 0 Å². The topological polar surface area (TPSA) is 37.3 Å². The van der Waals surface area contributed by atoms with Gasteiger partial charge in [0.2, 0.25) is 0 Å². The Morgan fingerprint density at radius 2 is 1.75 bits per heavy atom. The van der Waals surface area contributed by atoms with E-state index in [1.807, 2.05) is 0 Å². The molecule has 1 N–H and O–H groups in total. The van der Waals surface area contributed by atoms with Crippen LogP contribution in [0.15, 0.2) is 0 Å². The van der Waals surface area contributed by atoms with Gasteiger partial charge in [-0.3, -0.25) is 0 Å². The maximum Gasteiger partial charge on any atom is 2.00 e. The molecule has 4 heavy (non-hydrogen) atoms. The minimum absolute atomic E-state index is 0. The van der Waals surface area contributed by atoms with Gasteiger partial charge in [0.15, 0.2) is 0 Å². The standard InChI is InChI=1S/CHO2.V/c2-1-3;/h(H,2,3);/q-1;+2. The molecule has 0 unspecified atom stereocenters. The molecule has 0 aromatic rings. The molecule has 0 rings (SSSR count). The van der Waals surface area contributed by atoms with Crippen molar-refractivity contribution in [1.29, 1.82) is 0 Å². The molecule has 0 spiro atoms. The Morgan fingerprint density at radius 3 is 1.75 bits per heavy atom. The van der Waals surface area contributed by atoms with Crippen LogP contribution in [-0.4, -0.2) is 11.6 Å². The first-order chi connectivity index (χ1) is 1.41. The van der Waals surface area contributed by atoms with Gasteiger partial charge in [0.25, 0.3) is 0 Å². The largest absolute Gasteiger partial charge is 2.00 e. The second-order valence-corrected chi connectivity index (χ2v) is 0.0913. The van der Waals surface area contributed by atoms with Gasteiger partial charge >= 0.3 is 18.6 Å². The summed E-state index contributed by atoms with van der Waals surface area (Å²) in [5.41, 5.74) is 0. The fraction of sp³-hybridized carbons (Fsp3) is 0. The number of hydrogen-bond acceptors (Lipinski definition) is 1. The third-order valence-corrected chi connectivity index (χ3v) is 0. The Labute approximate surface area is 35.7 Å². The van der Waals surface area contributed by atoms with Crippen LogP contribution in [0, 0.1) is 0 Å². The van der Waals surface area contributed by atoms with Crippen LogP contribution in [0.2, 0.25) is 0 Å². The van der Waals surface area contributed by atoms with E-state index in [1.54, 1.807) is 0 Å². The van der Waals surface area contributed by atoms with E-state index >= 15 is 0 Å². The van der Waals surface area contributed by atoms with E-state index in [-0.39, 0.29) is 18.6 Å². The van der Waals surface area contributed by atoms with E-state index < -0.39 is 0 Å². The molecule has 0 atom stereocenters. The minimum atomic E-state index is 0. The van der Waals surface area contributed by atoms with Crippen molar-refractivity contribution >= 4 is 6.47 Å². The Hall–Kier alpha value is 0.0544. The average molecular weight is 96.0 g/mol. The molecule has 0 aliphatic carbocycles. The summed E-state index contributed by atoms with van der Waals surface area (Å²) in [7, 11) is 0. The Morgan fingerprint density at radius 1 is 1.75 bits per heavy atom. The average Bonchev–Trinajstić information content (AvgIpc) is 0.918. The van der Waals surface area contributed by atoms with Crippen molar-refractivity contribution in [2.24, 2.45) is 0 Å². The van der Waals surface area contributed by atoms with Crippen molar-refractivity contribution in [3.63, 3.8) is 0 Å². The quantitative estimate of drug-likeness (QED) is 0.417. The van der Waals surface area contributed by atoms with Crippen LogP contribution in [0.3, 0.4) is 0 Å². The molecule has 0 aliphatic rings. The molecule has 0 bridgehead atoms. The summed E-state index contributed by atoms with van der Waals surface area (Å²) >= 11 is 0. The maximum absolute atomic E-state index is 8.24. The predicted molar refractivity (Wildman–Crippen MR) is 8.32 cm³/mol. The summed E-state index contributed by atoms with van der Waals surface area (Å²) in [6.45, 7) is 0.500. The zero-order chi connectivity index (χ0) is 2.71. The van der Waals surface area contributed by atoms with Crippen molar-refractivity contribution in [2.45, 2.75) is 0 Å². The van der Waals surface area contributed by atoms with Gasteiger partial charge in [0.05, 0.1) is 0 Å². The molecule has 0 aromatic carbocycles. The summed E-state index contributed by atoms with van der Waals surface area (Å²) in [5.74, 6) is 0. The second-order valence-electron chi connectivity index (χ2n) is 0.0913. The monoisotopic (exact) mass is 95.9 g/mol. The van der Waals surface area contributed by atoms with Crippen molar-refractivity contribution < 1.29 is 28.5 Å². The van der Waals surface area contributed by atoms with E-state index in [2.05, 4.69) is 0 Å². The third kappa shape index (κ3) is 771.